The molecule has 0 saturated heterocycles. The molecule has 0 N–H and O–H groups in total. The zero-order chi connectivity index (χ0) is 14.0. The van der Waals surface area contributed by atoms with Crippen molar-refractivity contribution in [1.82, 2.24) is 0 Å². The van der Waals surface area contributed by atoms with Crippen molar-refractivity contribution in [3.8, 4) is 11.5 Å². The van der Waals surface area contributed by atoms with Gasteiger partial charge in [-0.05, 0) is 25.5 Å². The lowest BCUT2D eigenvalue weighted by atomic mass is 9.94. The topological polar surface area (TPSA) is 61.8 Å². The van der Waals surface area contributed by atoms with Crippen molar-refractivity contribution in [2.45, 2.75) is 20.0 Å². The van der Waals surface area contributed by atoms with E-state index in [2.05, 4.69) is 0 Å². The molecule has 100 valence electrons. The van der Waals surface area contributed by atoms with E-state index in [0.29, 0.717) is 23.7 Å². The molecular formula is C14H14O5. The van der Waals surface area contributed by atoms with E-state index in [1.807, 2.05) is 13.8 Å². The van der Waals surface area contributed by atoms with Gasteiger partial charge in [0, 0.05) is 18.7 Å². The standard InChI is InChI=1S/C14H14O5/c1-4-18-9-5-8(2)12-10(7-15)13(17-3)14(16)19-11(12)6-9/h5-6,13H,4H2,1-3H3. The molecule has 2 rings (SSSR count). The Morgan fingerprint density at radius 2 is 2.16 bits per heavy atom. The minimum atomic E-state index is -1.03. The van der Waals surface area contributed by atoms with Crippen molar-refractivity contribution in [3.63, 3.8) is 0 Å². The molecule has 1 aromatic rings. The smallest absolute Gasteiger partial charge is 0.346 e. The number of hydrogen-bond acceptors (Lipinski definition) is 5. The van der Waals surface area contributed by atoms with Crippen molar-refractivity contribution in [1.29, 1.82) is 0 Å². The zero-order valence-electron chi connectivity index (χ0n) is 11.0. The fraction of sp³-hybridized carbons (Fsp3) is 0.357. The fourth-order valence-electron chi connectivity index (χ4n) is 2.13. The van der Waals surface area contributed by atoms with Crippen LogP contribution in [0.2, 0.25) is 0 Å². The largest absolute Gasteiger partial charge is 0.494 e. The number of hydrogen-bond donors (Lipinski definition) is 0. The summed E-state index contributed by atoms with van der Waals surface area (Å²) in [4.78, 5) is 22.9. The van der Waals surface area contributed by atoms with Crippen molar-refractivity contribution in [2.75, 3.05) is 13.7 Å². The second kappa shape index (κ2) is 5.26. The maximum absolute atomic E-state index is 11.8. The van der Waals surface area contributed by atoms with Gasteiger partial charge in [0.25, 0.3) is 0 Å². The Morgan fingerprint density at radius 3 is 2.74 bits per heavy atom. The second-order valence-corrected chi connectivity index (χ2v) is 4.10. The van der Waals surface area contributed by atoms with E-state index in [9.17, 15) is 9.59 Å². The van der Waals surface area contributed by atoms with E-state index >= 15 is 0 Å². The summed E-state index contributed by atoms with van der Waals surface area (Å²) < 4.78 is 15.6. The molecule has 0 aromatic heterocycles. The number of carbonyl (C=O) groups is 1. The number of methoxy groups -OCH3 is 1. The molecule has 5 heteroatoms. The summed E-state index contributed by atoms with van der Waals surface area (Å²) in [6, 6.07) is 3.37. The van der Waals surface area contributed by atoms with Crippen LogP contribution < -0.4 is 9.47 Å². The number of fused-ring (bicyclic) bond motifs is 1. The number of ether oxygens (including phenoxy) is 3. The Balaban J connectivity index is 2.59. The van der Waals surface area contributed by atoms with Gasteiger partial charge >= 0.3 is 5.97 Å². The van der Waals surface area contributed by atoms with Crippen LogP contribution >= 0.6 is 0 Å². The van der Waals surface area contributed by atoms with Crippen LogP contribution in [0.1, 0.15) is 18.1 Å². The van der Waals surface area contributed by atoms with Crippen LogP contribution in [0, 0.1) is 6.92 Å². The average molecular weight is 262 g/mol. The first-order valence-corrected chi connectivity index (χ1v) is 5.89. The molecule has 0 aliphatic carbocycles. The Labute approximate surface area is 110 Å². The summed E-state index contributed by atoms with van der Waals surface area (Å²) in [6.45, 7) is 4.17. The van der Waals surface area contributed by atoms with Gasteiger partial charge < -0.3 is 14.2 Å². The van der Waals surface area contributed by atoms with Gasteiger partial charge in [-0.1, -0.05) is 0 Å². The lowest BCUT2D eigenvalue weighted by molar-refractivity contribution is -0.142. The number of aryl methyl sites for hydroxylation is 1. The molecule has 1 atom stereocenters. The Bertz CT molecular complexity index is 569. The third-order valence-corrected chi connectivity index (χ3v) is 2.89. The molecule has 0 amide bonds. The molecule has 0 fully saturated rings. The highest BCUT2D eigenvalue weighted by Crippen LogP contribution is 2.38. The van der Waals surface area contributed by atoms with Gasteiger partial charge in [-0.15, -0.1) is 0 Å². The number of carbonyl (C=O) groups excluding carboxylic acids is 2. The predicted molar refractivity (Wildman–Crippen MR) is 67.9 cm³/mol. The summed E-state index contributed by atoms with van der Waals surface area (Å²) in [6.07, 6.45) is -1.03. The summed E-state index contributed by atoms with van der Waals surface area (Å²) in [5.41, 5.74) is 1.48. The van der Waals surface area contributed by atoms with Gasteiger partial charge in [-0.2, -0.15) is 0 Å². The van der Waals surface area contributed by atoms with Gasteiger partial charge in [0.15, 0.2) is 6.10 Å². The van der Waals surface area contributed by atoms with Crippen LogP contribution in [-0.2, 0) is 14.3 Å². The molecule has 1 aliphatic rings. The van der Waals surface area contributed by atoms with E-state index in [4.69, 9.17) is 14.2 Å². The van der Waals surface area contributed by atoms with Gasteiger partial charge in [0.1, 0.15) is 17.4 Å². The van der Waals surface area contributed by atoms with Crippen LogP contribution in [0.5, 0.6) is 11.5 Å². The zero-order valence-corrected chi connectivity index (χ0v) is 11.0. The van der Waals surface area contributed by atoms with Crippen LogP contribution in [0.3, 0.4) is 0 Å². The SMILES string of the molecule is CCOc1cc(C)c2c(c1)OC(=O)C(OC)C2=C=O. The van der Waals surface area contributed by atoms with E-state index in [-0.39, 0.29) is 5.57 Å². The quantitative estimate of drug-likeness (QED) is 0.470. The first-order valence-electron chi connectivity index (χ1n) is 5.89. The van der Waals surface area contributed by atoms with Crippen molar-refractivity contribution in [3.05, 3.63) is 23.3 Å². The highest BCUT2D eigenvalue weighted by molar-refractivity contribution is 6.06. The molecule has 1 unspecified atom stereocenters. The van der Waals surface area contributed by atoms with Gasteiger partial charge in [-0.25, -0.2) is 9.59 Å². The van der Waals surface area contributed by atoms with Crippen molar-refractivity contribution in [2.24, 2.45) is 0 Å². The second-order valence-electron chi connectivity index (χ2n) is 4.10. The first-order chi connectivity index (χ1) is 9.12. The van der Waals surface area contributed by atoms with Crippen LogP contribution in [0.25, 0.3) is 5.57 Å². The molecule has 1 aliphatic heterocycles. The maximum atomic E-state index is 11.8. The number of benzene rings is 1. The van der Waals surface area contributed by atoms with Gasteiger partial charge in [0.2, 0.25) is 0 Å². The Morgan fingerprint density at radius 1 is 1.42 bits per heavy atom. The van der Waals surface area contributed by atoms with Crippen LogP contribution in [0.15, 0.2) is 12.1 Å². The molecule has 1 heterocycles. The van der Waals surface area contributed by atoms with E-state index < -0.39 is 12.1 Å². The van der Waals surface area contributed by atoms with Crippen LogP contribution in [0.4, 0.5) is 0 Å². The molecule has 19 heavy (non-hydrogen) atoms. The lowest BCUT2D eigenvalue weighted by Crippen LogP contribution is -2.33. The minimum absolute atomic E-state index is 0.161. The van der Waals surface area contributed by atoms with Gasteiger partial charge in [-0.3, -0.25) is 0 Å². The normalized spacial score (nSPS) is 17.5. The maximum Gasteiger partial charge on any atom is 0.346 e. The molecule has 5 nitrogen and oxygen atoms in total. The fourth-order valence-corrected chi connectivity index (χ4v) is 2.13. The Kier molecular flexibility index (Phi) is 3.69. The predicted octanol–water partition coefficient (Wildman–Crippen LogP) is 1.54. The van der Waals surface area contributed by atoms with Gasteiger partial charge in [0.05, 0.1) is 12.2 Å². The monoisotopic (exact) mass is 262 g/mol. The molecule has 0 bridgehead atoms. The molecule has 0 radical (unpaired) electrons. The van der Waals surface area contributed by atoms with E-state index in [1.165, 1.54) is 7.11 Å². The number of esters is 1. The van der Waals surface area contributed by atoms with E-state index in [1.54, 1.807) is 18.1 Å². The molecule has 0 spiro atoms. The minimum Gasteiger partial charge on any atom is -0.494 e. The third kappa shape index (κ3) is 2.26. The first kappa shape index (κ1) is 13.3. The summed E-state index contributed by atoms with van der Waals surface area (Å²) >= 11 is 0. The Hall–Kier alpha value is -2.10. The average Bonchev–Trinajstić information content (AvgIpc) is 2.37. The summed E-state index contributed by atoms with van der Waals surface area (Å²) in [7, 11) is 1.35. The molecule has 0 saturated carbocycles. The molecule has 1 aromatic carbocycles. The number of rotatable bonds is 3. The van der Waals surface area contributed by atoms with E-state index in [0.717, 1.165) is 5.56 Å². The molecular weight excluding hydrogens is 248 g/mol. The third-order valence-electron chi connectivity index (χ3n) is 2.89. The lowest BCUT2D eigenvalue weighted by Gasteiger charge is -2.25. The summed E-state index contributed by atoms with van der Waals surface area (Å²) in [5, 5.41) is 0. The summed E-state index contributed by atoms with van der Waals surface area (Å²) in [5.74, 6) is 2.06. The highest BCUT2D eigenvalue weighted by Gasteiger charge is 2.35. The van der Waals surface area contributed by atoms with Crippen LogP contribution in [-0.4, -0.2) is 31.7 Å². The van der Waals surface area contributed by atoms with Crippen molar-refractivity contribution >= 4 is 17.5 Å². The highest BCUT2D eigenvalue weighted by atomic mass is 16.6. The van der Waals surface area contributed by atoms with Crippen molar-refractivity contribution < 1.29 is 23.8 Å².